The molecule has 0 saturated carbocycles. The molecule has 360 valence electrons. The van der Waals surface area contributed by atoms with Gasteiger partial charge in [-0.05, 0) is 104 Å². The van der Waals surface area contributed by atoms with Crippen LogP contribution in [-0.2, 0) is 23.8 Å². The van der Waals surface area contributed by atoms with Gasteiger partial charge in [0.1, 0.15) is 12.7 Å². The molecule has 0 bridgehead atoms. The summed E-state index contributed by atoms with van der Waals surface area (Å²) in [6.07, 6.45) is 51.4. The lowest BCUT2D eigenvalue weighted by Gasteiger charge is -2.21. The molecule has 0 saturated heterocycles. The van der Waals surface area contributed by atoms with Crippen LogP contribution < -0.4 is 0 Å². The summed E-state index contributed by atoms with van der Waals surface area (Å²) in [7, 11) is 4.23. The maximum Gasteiger partial charge on any atom is 0.306 e. The number of allylic oxidation sites excluding steroid dienone is 2. The number of ether oxygens (including phenoxy) is 3. The van der Waals surface area contributed by atoms with Crippen molar-refractivity contribution in [2.75, 3.05) is 27.2 Å². The third-order valence-electron chi connectivity index (χ3n) is 12.2. The summed E-state index contributed by atoms with van der Waals surface area (Å²) in [5, 5.41) is 0. The minimum atomic E-state index is -0.0617. The van der Waals surface area contributed by atoms with Gasteiger partial charge in [0.2, 0.25) is 0 Å². The number of hydrogen-bond donors (Lipinski definition) is 0. The van der Waals surface area contributed by atoms with Crippen LogP contribution in [0.3, 0.4) is 0 Å². The highest BCUT2D eigenvalue weighted by Gasteiger charge is 2.15. The zero-order chi connectivity index (χ0) is 44.7. The fourth-order valence-corrected chi connectivity index (χ4v) is 8.28. The number of carbonyl (C=O) groups excluding carboxylic acids is 2. The van der Waals surface area contributed by atoms with Gasteiger partial charge in [-0.1, -0.05) is 194 Å². The predicted octanol–water partition coefficient (Wildman–Crippen LogP) is 17.1. The standard InChI is InChI=1S/C55H105NO5/c1-7-10-13-16-18-19-20-21-26-33-40-50-59-54(57)47-38-31-24-22-29-35-43-52(60-51(4)42-41-49-56(5)6)44-36-30-23-25-32-39-48-55(58)61-53(45-34-27-15-12-9-3)46-37-28-17-14-11-8-2/h33,40,52-53H,4,7-32,34-39,41-50H2,1-3,5-6H3/b40-33-. The Labute approximate surface area is 380 Å². The van der Waals surface area contributed by atoms with E-state index in [0.717, 1.165) is 82.9 Å². The first kappa shape index (κ1) is 59.2. The molecule has 0 rings (SSSR count). The van der Waals surface area contributed by atoms with Crippen molar-refractivity contribution < 1.29 is 23.8 Å². The monoisotopic (exact) mass is 860 g/mol. The third kappa shape index (κ3) is 46.0. The summed E-state index contributed by atoms with van der Waals surface area (Å²) in [6.45, 7) is 12.5. The number of unbranched alkanes of at least 4 members (excludes halogenated alkanes) is 27. The second kappa shape index (κ2) is 47.7. The Bertz CT molecular complexity index is 979. The van der Waals surface area contributed by atoms with Crippen LogP contribution in [0.25, 0.3) is 0 Å². The van der Waals surface area contributed by atoms with Gasteiger partial charge in [-0.3, -0.25) is 9.59 Å². The number of esters is 2. The maximum atomic E-state index is 12.8. The summed E-state index contributed by atoms with van der Waals surface area (Å²) < 4.78 is 17.9. The molecule has 0 fully saturated rings. The van der Waals surface area contributed by atoms with Gasteiger partial charge in [0.15, 0.2) is 0 Å². The zero-order valence-electron chi connectivity index (χ0n) is 41.7. The molecule has 6 heteroatoms. The first-order valence-corrected chi connectivity index (χ1v) is 26.8. The summed E-state index contributed by atoms with van der Waals surface area (Å²) in [5.41, 5.74) is 0. The minimum Gasteiger partial charge on any atom is -0.495 e. The minimum absolute atomic E-state index is 0.0260. The lowest BCUT2D eigenvalue weighted by Crippen LogP contribution is -2.18. The fourth-order valence-electron chi connectivity index (χ4n) is 8.28. The first-order chi connectivity index (χ1) is 29.8. The van der Waals surface area contributed by atoms with Crippen LogP contribution in [0.5, 0.6) is 0 Å². The summed E-state index contributed by atoms with van der Waals surface area (Å²) in [4.78, 5) is 27.2. The number of carbonyl (C=O) groups is 2. The normalized spacial score (nSPS) is 12.6. The van der Waals surface area contributed by atoms with Crippen molar-refractivity contribution in [3.05, 3.63) is 24.5 Å². The van der Waals surface area contributed by atoms with Gasteiger partial charge in [-0.15, -0.1) is 0 Å². The lowest BCUT2D eigenvalue weighted by atomic mass is 10.0. The summed E-state index contributed by atoms with van der Waals surface area (Å²) >= 11 is 0. The zero-order valence-corrected chi connectivity index (χ0v) is 41.7. The highest BCUT2D eigenvalue weighted by Crippen LogP contribution is 2.22. The van der Waals surface area contributed by atoms with E-state index in [4.69, 9.17) is 14.2 Å². The summed E-state index contributed by atoms with van der Waals surface area (Å²) in [6, 6.07) is 0. The van der Waals surface area contributed by atoms with Gasteiger partial charge in [-0.2, -0.15) is 0 Å². The van der Waals surface area contributed by atoms with Gasteiger partial charge in [0.05, 0.1) is 11.9 Å². The quantitative estimate of drug-likeness (QED) is 0.0263. The Hall–Kier alpha value is -1.82. The Kier molecular flexibility index (Phi) is 46.2. The van der Waals surface area contributed by atoms with Crippen LogP contribution in [0.4, 0.5) is 0 Å². The van der Waals surface area contributed by atoms with Crippen LogP contribution in [-0.4, -0.2) is 56.3 Å². The average Bonchev–Trinajstić information content (AvgIpc) is 3.23. The molecule has 61 heavy (non-hydrogen) atoms. The van der Waals surface area contributed by atoms with Crippen LogP contribution in [0.15, 0.2) is 24.5 Å². The van der Waals surface area contributed by atoms with Crippen LogP contribution >= 0.6 is 0 Å². The fraction of sp³-hybridized carbons (Fsp3) is 0.891. The predicted molar refractivity (Wildman–Crippen MR) is 264 cm³/mol. The Balaban J connectivity index is 4.27. The van der Waals surface area contributed by atoms with Gasteiger partial charge in [-0.25, -0.2) is 0 Å². The average molecular weight is 860 g/mol. The number of rotatable bonds is 49. The molecule has 0 heterocycles. The van der Waals surface area contributed by atoms with E-state index < -0.39 is 0 Å². The van der Waals surface area contributed by atoms with E-state index in [1.807, 2.05) is 6.08 Å². The van der Waals surface area contributed by atoms with Gasteiger partial charge >= 0.3 is 11.9 Å². The SMILES string of the molecule is C=C(CCCN(C)C)OC(CCCCCCCCC(=O)OC/C=C\CCCCCCCCCC)CCCCCCCCC(=O)OC(CCCCCCC)CCCCCCCC. The molecule has 0 N–H and O–H groups in total. The van der Waals surface area contributed by atoms with Gasteiger partial charge in [0, 0.05) is 19.3 Å². The van der Waals surface area contributed by atoms with Crippen LogP contribution in [0, 0.1) is 0 Å². The van der Waals surface area contributed by atoms with Crippen molar-refractivity contribution in [1.29, 1.82) is 0 Å². The molecule has 0 aliphatic carbocycles. The Morgan fingerprint density at radius 3 is 1.26 bits per heavy atom. The second-order valence-electron chi connectivity index (χ2n) is 18.8. The van der Waals surface area contributed by atoms with E-state index in [-0.39, 0.29) is 24.1 Å². The van der Waals surface area contributed by atoms with Crippen molar-refractivity contribution in [2.24, 2.45) is 0 Å². The highest BCUT2D eigenvalue weighted by molar-refractivity contribution is 5.69. The van der Waals surface area contributed by atoms with Crippen molar-refractivity contribution in [1.82, 2.24) is 4.90 Å². The molecular weight excluding hydrogens is 755 g/mol. The van der Waals surface area contributed by atoms with E-state index in [9.17, 15) is 9.59 Å². The third-order valence-corrected chi connectivity index (χ3v) is 12.2. The molecular formula is C55H105NO5. The molecule has 2 unspecified atom stereocenters. The number of nitrogens with zero attached hydrogens (tertiary/aromatic N) is 1. The molecule has 0 aliphatic rings. The maximum absolute atomic E-state index is 12.8. The lowest BCUT2D eigenvalue weighted by molar-refractivity contribution is -0.150. The Morgan fingerprint density at radius 1 is 0.443 bits per heavy atom. The summed E-state index contributed by atoms with van der Waals surface area (Å²) in [5.74, 6) is 0.904. The molecule has 0 aromatic rings. The van der Waals surface area contributed by atoms with E-state index in [1.54, 1.807) is 0 Å². The largest absolute Gasteiger partial charge is 0.495 e. The van der Waals surface area contributed by atoms with E-state index in [1.165, 1.54) is 173 Å². The van der Waals surface area contributed by atoms with Crippen molar-refractivity contribution in [3.8, 4) is 0 Å². The van der Waals surface area contributed by atoms with Crippen LogP contribution in [0.1, 0.15) is 278 Å². The smallest absolute Gasteiger partial charge is 0.306 e. The Morgan fingerprint density at radius 2 is 0.820 bits per heavy atom. The van der Waals surface area contributed by atoms with Gasteiger partial charge < -0.3 is 19.1 Å². The van der Waals surface area contributed by atoms with Gasteiger partial charge in [0.25, 0.3) is 0 Å². The van der Waals surface area contributed by atoms with Crippen molar-refractivity contribution in [2.45, 2.75) is 290 Å². The van der Waals surface area contributed by atoms with Crippen LogP contribution in [0.2, 0.25) is 0 Å². The molecule has 2 atom stereocenters. The first-order valence-electron chi connectivity index (χ1n) is 26.8. The highest BCUT2D eigenvalue weighted by atomic mass is 16.5. The van der Waals surface area contributed by atoms with Crippen molar-refractivity contribution >= 4 is 11.9 Å². The van der Waals surface area contributed by atoms with E-state index in [0.29, 0.717) is 19.4 Å². The number of hydrogen-bond acceptors (Lipinski definition) is 6. The molecule has 6 nitrogen and oxygen atoms in total. The molecule has 0 aromatic heterocycles. The van der Waals surface area contributed by atoms with E-state index in [2.05, 4.69) is 52.4 Å². The molecule has 0 aromatic carbocycles. The topological polar surface area (TPSA) is 65.1 Å². The van der Waals surface area contributed by atoms with E-state index >= 15 is 0 Å². The molecule has 0 aliphatic heterocycles. The molecule has 0 radical (unpaired) electrons. The molecule has 0 amide bonds. The van der Waals surface area contributed by atoms with Crippen molar-refractivity contribution in [3.63, 3.8) is 0 Å². The molecule has 0 spiro atoms. The second-order valence-corrected chi connectivity index (χ2v) is 18.8.